The molecule has 94 valence electrons. The van der Waals surface area contributed by atoms with Crippen molar-refractivity contribution in [1.82, 2.24) is 0 Å². The molecule has 0 aliphatic rings. The lowest BCUT2D eigenvalue weighted by Gasteiger charge is -2.24. The van der Waals surface area contributed by atoms with E-state index in [0.717, 1.165) is 11.3 Å². The highest BCUT2D eigenvalue weighted by Gasteiger charge is 2.20. The number of anilines is 1. The molecule has 0 fully saturated rings. The van der Waals surface area contributed by atoms with Gasteiger partial charge in [-0.05, 0) is 23.6 Å². The number of ether oxygens (including phenoxy) is 1. The van der Waals surface area contributed by atoms with Gasteiger partial charge in [0, 0.05) is 18.3 Å². The van der Waals surface area contributed by atoms with Crippen LogP contribution in [0.15, 0.2) is 18.2 Å². The summed E-state index contributed by atoms with van der Waals surface area (Å²) in [5, 5.41) is 8.95. The van der Waals surface area contributed by atoms with E-state index in [1.54, 1.807) is 19.2 Å². The summed E-state index contributed by atoms with van der Waals surface area (Å²) in [4.78, 5) is 12.1. The zero-order valence-electron chi connectivity index (χ0n) is 10.9. The van der Waals surface area contributed by atoms with Crippen molar-refractivity contribution in [3.05, 3.63) is 23.8 Å². The van der Waals surface area contributed by atoms with Crippen molar-refractivity contribution in [1.29, 1.82) is 0 Å². The van der Waals surface area contributed by atoms with Crippen LogP contribution in [0, 0.1) is 0 Å². The largest absolute Gasteiger partial charge is 0.496 e. The first kappa shape index (κ1) is 13.4. The topological polar surface area (TPSA) is 49.8 Å². The van der Waals surface area contributed by atoms with Crippen molar-refractivity contribution in [3.63, 3.8) is 0 Å². The molecule has 1 aromatic carbocycles. The van der Waals surface area contributed by atoms with Crippen LogP contribution in [0.4, 0.5) is 10.5 Å². The van der Waals surface area contributed by atoms with Crippen LogP contribution in [0.3, 0.4) is 0 Å². The molecule has 0 spiro atoms. The highest BCUT2D eigenvalue weighted by atomic mass is 16.5. The van der Waals surface area contributed by atoms with E-state index >= 15 is 0 Å². The van der Waals surface area contributed by atoms with Crippen molar-refractivity contribution >= 4 is 11.8 Å². The minimum atomic E-state index is -0.977. The predicted molar refractivity (Wildman–Crippen MR) is 68.1 cm³/mol. The molecule has 17 heavy (non-hydrogen) atoms. The quantitative estimate of drug-likeness (QED) is 0.859. The van der Waals surface area contributed by atoms with Gasteiger partial charge < -0.3 is 9.84 Å². The number of carboxylic acid groups (broad SMARTS) is 1. The van der Waals surface area contributed by atoms with Gasteiger partial charge in [0.05, 0.1) is 7.11 Å². The van der Waals surface area contributed by atoms with E-state index in [2.05, 4.69) is 20.8 Å². The summed E-state index contributed by atoms with van der Waals surface area (Å²) in [6.45, 7) is 6.19. The Morgan fingerprint density at radius 1 is 1.35 bits per heavy atom. The summed E-state index contributed by atoms with van der Waals surface area (Å²) >= 11 is 0. The van der Waals surface area contributed by atoms with Crippen molar-refractivity contribution in [2.45, 2.75) is 26.2 Å². The summed E-state index contributed by atoms with van der Waals surface area (Å²) in [7, 11) is 3.14. The molecule has 4 nitrogen and oxygen atoms in total. The predicted octanol–water partition coefficient (Wildman–Crippen LogP) is 3.11. The lowest BCUT2D eigenvalue weighted by molar-refractivity contribution is 0.203. The molecule has 0 bridgehead atoms. The molecule has 0 aromatic heterocycles. The van der Waals surface area contributed by atoms with Gasteiger partial charge in [0.2, 0.25) is 0 Å². The van der Waals surface area contributed by atoms with Crippen molar-refractivity contribution in [3.8, 4) is 5.75 Å². The third-order valence-corrected chi connectivity index (χ3v) is 2.67. The minimum absolute atomic E-state index is 0.0965. The summed E-state index contributed by atoms with van der Waals surface area (Å²) < 4.78 is 5.30. The van der Waals surface area contributed by atoms with Gasteiger partial charge in [-0.2, -0.15) is 0 Å². The number of hydrogen-bond acceptors (Lipinski definition) is 2. The highest BCUT2D eigenvalue weighted by molar-refractivity contribution is 5.85. The maximum Gasteiger partial charge on any atom is 0.411 e. The molecule has 0 atom stereocenters. The van der Waals surface area contributed by atoms with Crippen LogP contribution >= 0.6 is 0 Å². The highest BCUT2D eigenvalue weighted by Crippen LogP contribution is 2.34. The van der Waals surface area contributed by atoms with E-state index in [4.69, 9.17) is 9.84 Å². The number of amides is 1. The Bertz CT molecular complexity index is 421. The van der Waals surface area contributed by atoms with E-state index in [0.29, 0.717) is 5.69 Å². The molecule has 0 heterocycles. The maximum atomic E-state index is 10.9. The Morgan fingerprint density at radius 3 is 2.35 bits per heavy atom. The van der Waals surface area contributed by atoms with Crippen molar-refractivity contribution < 1.29 is 14.6 Å². The van der Waals surface area contributed by atoms with E-state index in [9.17, 15) is 4.79 Å². The summed E-state index contributed by atoms with van der Waals surface area (Å²) in [5.41, 5.74) is 1.54. The molecular formula is C13H19NO3. The zero-order valence-corrected chi connectivity index (χ0v) is 10.9. The summed E-state index contributed by atoms with van der Waals surface area (Å²) in [5.74, 6) is 0.778. The first-order chi connectivity index (χ1) is 7.77. The van der Waals surface area contributed by atoms with E-state index in [1.165, 1.54) is 11.9 Å². The third-order valence-electron chi connectivity index (χ3n) is 2.67. The molecule has 0 aliphatic carbocycles. The van der Waals surface area contributed by atoms with Crippen LogP contribution in [0.1, 0.15) is 26.3 Å². The molecule has 1 amide bonds. The first-order valence-corrected chi connectivity index (χ1v) is 5.42. The lowest BCUT2D eigenvalue weighted by atomic mass is 9.86. The van der Waals surface area contributed by atoms with Gasteiger partial charge in [-0.25, -0.2) is 4.79 Å². The molecule has 0 aliphatic heterocycles. The number of rotatable bonds is 2. The van der Waals surface area contributed by atoms with Crippen LogP contribution in [-0.2, 0) is 5.41 Å². The summed E-state index contributed by atoms with van der Waals surface area (Å²) in [6.07, 6.45) is -0.977. The van der Waals surface area contributed by atoms with Gasteiger partial charge in [-0.15, -0.1) is 0 Å². The molecule has 1 N–H and O–H groups in total. The normalized spacial score (nSPS) is 11.1. The third kappa shape index (κ3) is 2.90. The SMILES string of the molecule is COc1ccc(N(C)C(=O)O)cc1C(C)(C)C. The van der Waals surface area contributed by atoms with E-state index < -0.39 is 6.09 Å². The fraction of sp³-hybridized carbons (Fsp3) is 0.462. The van der Waals surface area contributed by atoms with Crippen LogP contribution in [-0.4, -0.2) is 25.4 Å². The zero-order chi connectivity index (χ0) is 13.2. The summed E-state index contributed by atoms with van der Waals surface area (Å²) in [6, 6.07) is 5.39. The minimum Gasteiger partial charge on any atom is -0.496 e. The molecular weight excluding hydrogens is 218 g/mol. The van der Waals surface area contributed by atoms with Gasteiger partial charge in [0.15, 0.2) is 0 Å². The molecule has 0 saturated heterocycles. The fourth-order valence-electron chi connectivity index (χ4n) is 1.60. The van der Waals surface area contributed by atoms with E-state index in [-0.39, 0.29) is 5.41 Å². The molecule has 0 saturated carbocycles. The second kappa shape index (κ2) is 4.65. The second-order valence-electron chi connectivity index (χ2n) is 4.98. The Labute approximate surface area is 102 Å². The Morgan fingerprint density at radius 2 is 1.94 bits per heavy atom. The average Bonchev–Trinajstić information content (AvgIpc) is 2.25. The number of methoxy groups -OCH3 is 1. The van der Waals surface area contributed by atoms with Gasteiger partial charge >= 0.3 is 6.09 Å². The van der Waals surface area contributed by atoms with Crippen molar-refractivity contribution in [2.24, 2.45) is 0 Å². The fourth-order valence-corrected chi connectivity index (χ4v) is 1.60. The van der Waals surface area contributed by atoms with E-state index in [1.807, 2.05) is 6.07 Å². The van der Waals surface area contributed by atoms with Crippen LogP contribution in [0.25, 0.3) is 0 Å². The Balaban J connectivity index is 3.27. The van der Waals surface area contributed by atoms with Gasteiger partial charge in [0.25, 0.3) is 0 Å². The van der Waals surface area contributed by atoms with Crippen LogP contribution in [0.5, 0.6) is 5.75 Å². The lowest BCUT2D eigenvalue weighted by Crippen LogP contribution is -2.24. The molecule has 4 heteroatoms. The Hall–Kier alpha value is -1.71. The average molecular weight is 237 g/mol. The first-order valence-electron chi connectivity index (χ1n) is 5.42. The molecule has 0 radical (unpaired) electrons. The molecule has 0 unspecified atom stereocenters. The molecule has 1 rings (SSSR count). The standard InChI is InChI=1S/C13H19NO3/c1-13(2,3)10-8-9(14(4)12(15)16)6-7-11(10)17-5/h6-8H,1-5H3,(H,15,16). The van der Waals surface area contributed by atoms with Gasteiger partial charge in [-0.1, -0.05) is 20.8 Å². The van der Waals surface area contributed by atoms with Gasteiger partial charge in [-0.3, -0.25) is 4.90 Å². The van der Waals surface area contributed by atoms with Crippen LogP contribution < -0.4 is 9.64 Å². The number of carbonyl (C=O) groups is 1. The number of benzene rings is 1. The smallest absolute Gasteiger partial charge is 0.411 e. The maximum absolute atomic E-state index is 10.9. The number of hydrogen-bond donors (Lipinski definition) is 1. The van der Waals surface area contributed by atoms with Crippen LogP contribution in [0.2, 0.25) is 0 Å². The number of nitrogens with zero attached hydrogens (tertiary/aromatic N) is 1. The second-order valence-corrected chi connectivity index (χ2v) is 4.98. The van der Waals surface area contributed by atoms with Gasteiger partial charge in [0.1, 0.15) is 5.75 Å². The Kier molecular flexibility index (Phi) is 3.66. The monoisotopic (exact) mass is 237 g/mol. The van der Waals surface area contributed by atoms with Crippen molar-refractivity contribution in [2.75, 3.05) is 19.1 Å². The molecule has 1 aromatic rings.